The van der Waals surface area contributed by atoms with E-state index in [1.54, 1.807) is 19.2 Å². The molecule has 0 amide bonds. The summed E-state index contributed by atoms with van der Waals surface area (Å²) in [4.78, 5) is 16.3. The zero-order valence-electron chi connectivity index (χ0n) is 18.5. The Morgan fingerprint density at radius 3 is 2.69 bits per heavy atom. The Morgan fingerprint density at radius 2 is 1.97 bits per heavy atom. The molecule has 2 heterocycles. The van der Waals surface area contributed by atoms with E-state index in [9.17, 15) is 9.18 Å². The number of nitrogens with zero attached hydrogens (tertiary/aromatic N) is 2. The summed E-state index contributed by atoms with van der Waals surface area (Å²) in [6.07, 6.45) is 3.05. The van der Waals surface area contributed by atoms with Crippen molar-refractivity contribution in [3.05, 3.63) is 47.8 Å². The number of ketones is 1. The molecule has 0 bridgehead atoms. The predicted octanol–water partition coefficient (Wildman–Crippen LogP) is 4.55. The van der Waals surface area contributed by atoms with E-state index < -0.39 is 0 Å². The summed E-state index contributed by atoms with van der Waals surface area (Å²) in [5, 5.41) is 0. The van der Waals surface area contributed by atoms with Crippen molar-refractivity contribution in [2.45, 2.75) is 32.2 Å². The lowest BCUT2D eigenvalue weighted by Gasteiger charge is -2.36. The zero-order chi connectivity index (χ0) is 21.8. The normalized spacial score (nSPS) is 16.2. The molecule has 0 unspecified atom stereocenters. The highest BCUT2D eigenvalue weighted by Crippen LogP contribution is 2.37. The van der Waals surface area contributed by atoms with Gasteiger partial charge in [0.2, 0.25) is 0 Å². The molecule has 0 saturated carbocycles. The van der Waals surface area contributed by atoms with Crippen LogP contribution in [0.3, 0.4) is 0 Å². The van der Waals surface area contributed by atoms with Gasteiger partial charge in [-0.05, 0) is 50.5 Å². The van der Waals surface area contributed by atoms with Gasteiger partial charge >= 0.3 is 0 Å². The zero-order valence-corrected chi connectivity index (χ0v) is 19.3. The van der Waals surface area contributed by atoms with Gasteiger partial charge in [-0.15, -0.1) is 12.4 Å². The third-order valence-electron chi connectivity index (χ3n) is 6.03. The molecule has 2 aromatic carbocycles. The van der Waals surface area contributed by atoms with Crippen LogP contribution in [0.2, 0.25) is 0 Å². The summed E-state index contributed by atoms with van der Waals surface area (Å²) in [5.74, 6) is 1.62. The molecule has 6 nitrogen and oxygen atoms in total. The first-order chi connectivity index (χ1) is 15.0. The molecule has 2 aromatic rings. The van der Waals surface area contributed by atoms with E-state index in [0.717, 1.165) is 44.6 Å². The van der Waals surface area contributed by atoms with Crippen molar-refractivity contribution in [2.24, 2.45) is 0 Å². The number of hydrogen-bond acceptors (Lipinski definition) is 6. The largest absolute Gasteiger partial charge is 0.496 e. The molecule has 2 aliphatic heterocycles. The maximum absolute atomic E-state index is 13.4. The molecule has 8 heteroatoms. The van der Waals surface area contributed by atoms with Crippen LogP contribution in [-0.4, -0.2) is 56.8 Å². The van der Waals surface area contributed by atoms with Crippen LogP contribution in [0.5, 0.6) is 17.2 Å². The average molecular weight is 465 g/mol. The van der Waals surface area contributed by atoms with E-state index in [4.69, 9.17) is 14.2 Å². The maximum Gasteiger partial charge on any atom is 0.163 e. The van der Waals surface area contributed by atoms with Crippen LogP contribution in [0.15, 0.2) is 36.4 Å². The summed E-state index contributed by atoms with van der Waals surface area (Å²) >= 11 is 0. The molecule has 2 aliphatic rings. The number of carbonyl (C=O) groups is 1. The van der Waals surface area contributed by atoms with Gasteiger partial charge in [0.15, 0.2) is 12.5 Å². The van der Waals surface area contributed by atoms with Crippen molar-refractivity contribution in [3.8, 4) is 17.2 Å². The number of hydrogen-bond donors (Lipinski definition) is 0. The summed E-state index contributed by atoms with van der Waals surface area (Å²) in [6.45, 7) is 5.67. The van der Waals surface area contributed by atoms with E-state index in [1.165, 1.54) is 19.1 Å². The third kappa shape index (κ3) is 5.45. The molecule has 0 radical (unpaired) electrons. The fourth-order valence-electron chi connectivity index (χ4n) is 4.34. The van der Waals surface area contributed by atoms with Gasteiger partial charge in [-0.2, -0.15) is 0 Å². The Kier molecular flexibility index (Phi) is 8.21. The molecule has 0 aromatic heterocycles. The molecule has 32 heavy (non-hydrogen) atoms. The van der Waals surface area contributed by atoms with Crippen molar-refractivity contribution >= 4 is 23.9 Å². The number of fused-ring (bicyclic) bond motifs is 1. The Bertz CT molecular complexity index is 934. The van der Waals surface area contributed by atoms with Crippen molar-refractivity contribution in [2.75, 3.05) is 45.0 Å². The van der Waals surface area contributed by atoms with Crippen LogP contribution in [0.4, 0.5) is 10.1 Å². The monoisotopic (exact) mass is 464 g/mol. The lowest BCUT2D eigenvalue weighted by atomic mass is 10.0. The Hall–Kier alpha value is -2.51. The van der Waals surface area contributed by atoms with Gasteiger partial charge in [0, 0.05) is 37.8 Å². The van der Waals surface area contributed by atoms with Crippen LogP contribution < -0.4 is 19.1 Å². The maximum atomic E-state index is 13.4. The third-order valence-corrected chi connectivity index (χ3v) is 6.03. The molecule has 4 rings (SSSR count). The number of likely N-dealkylation sites (tertiary alicyclic amines) is 1. The summed E-state index contributed by atoms with van der Waals surface area (Å²) in [7, 11) is 1.56. The second-order valence-corrected chi connectivity index (χ2v) is 8.05. The van der Waals surface area contributed by atoms with Gasteiger partial charge in [-0.3, -0.25) is 4.79 Å². The smallest absolute Gasteiger partial charge is 0.163 e. The topological polar surface area (TPSA) is 51.2 Å². The number of ether oxygens (including phenoxy) is 3. The summed E-state index contributed by atoms with van der Waals surface area (Å²) in [6, 6.07) is 10.5. The van der Waals surface area contributed by atoms with Gasteiger partial charge in [-0.1, -0.05) is 0 Å². The molecule has 174 valence electrons. The van der Waals surface area contributed by atoms with E-state index >= 15 is 0 Å². The standard InChI is InChI=1S/C24H29FN2O4.ClH/c1-17(28)21-6-5-20(15-23(21)29-2)30-13-3-10-26-11-8-19(9-12-26)27-16-31-24-14-18(25)4-7-22(24)27;/h4-7,14-15,19H,3,8-13,16H2,1-2H3;1H. The summed E-state index contributed by atoms with van der Waals surface area (Å²) < 4.78 is 30.2. The first-order valence-corrected chi connectivity index (χ1v) is 10.8. The Labute approximate surface area is 194 Å². The minimum Gasteiger partial charge on any atom is -0.496 e. The van der Waals surface area contributed by atoms with Crippen LogP contribution >= 0.6 is 12.4 Å². The number of Topliss-reactive ketones (excluding diaryl/α,β-unsaturated/α-hetero) is 1. The molecule has 0 spiro atoms. The average Bonchev–Trinajstić information content (AvgIpc) is 3.19. The molecule has 1 saturated heterocycles. The first-order valence-electron chi connectivity index (χ1n) is 10.8. The number of carbonyl (C=O) groups excluding carboxylic acids is 1. The van der Waals surface area contributed by atoms with Crippen LogP contribution in [-0.2, 0) is 0 Å². The highest BCUT2D eigenvalue weighted by atomic mass is 35.5. The van der Waals surface area contributed by atoms with Crippen molar-refractivity contribution in [1.82, 2.24) is 4.90 Å². The van der Waals surface area contributed by atoms with Gasteiger partial charge in [0.05, 0.1) is 25.0 Å². The summed E-state index contributed by atoms with van der Waals surface area (Å²) in [5.41, 5.74) is 1.56. The van der Waals surface area contributed by atoms with Gasteiger partial charge in [0.25, 0.3) is 0 Å². The fraction of sp³-hybridized carbons (Fsp3) is 0.458. The highest BCUT2D eigenvalue weighted by molar-refractivity contribution is 5.97. The van der Waals surface area contributed by atoms with Crippen LogP contribution in [0.25, 0.3) is 0 Å². The van der Waals surface area contributed by atoms with Gasteiger partial charge < -0.3 is 24.0 Å². The van der Waals surface area contributed by atoms with Crippen LogP contribution in [0.1, 0.15) is 36.5 Å². The minimum atomic E-state index is -0.258. The Balaban J connectivity index is 0.00000289. The van der Waals surface area contributed by atoms with E-state index in [1.807, 2.05) is 12.1 Å². The second kappa shape index (κ2) is 10.9. The minimum absolute atomic E-state index is 0. The van der Waals surface area contributed by atoms with Gasteiger partial charge in [0.1, 0.15) is 23.1 Å². The highest BCUT2D eigenvalue weighted by Gasteiger charge is 2.30. The molecule has 1 fully saturated rings. The SMILES string of the molecule is COc1cc(OCCCN2CCC(N3COc4cc(F)ccc43)CC2)ccc1C(C)=O.Cl. The molecular weight excluding hydrogens is 435 g/mol. The van der Waals surface area contributed by atoms with E-state index in [2.05, 4.69) is 9.80 Å². The van der Waals surface area contributed by atoms with Crippen molar-refractivity contribution in [3.63, 3.8) is 0 Å². The number of anilines is 1. The number of methoxy groups -OCH3 is 1. The lowest BCUT2D eigenvalue weighted by Crippen LogP contribution is -2.45. The predicted molar refractivity (Wildman–Crippen MR) is 124 cm³/mol. The number of benzene rings is 2. The van der Waals surface area contributed by atoms with E-state index in [-0.39, 0.29) is 24.0 Å². The molecular formula is C24H30ClFN2O4. The van der Waals surface area contributed by atoms with Gasteiger partial charge in [-0.25, -0.2) is 4.39 Å². The lowest BCUT2D eigenvalue weighted by molar-refractivity contribution is 0.101. The number of rotatable bonds is 8. The number of piperidine rings is 1. The second-order valence-electron chi connectivity index (χ2n) is 8.05. The molecule has 0 N–H and O–H groups in total. The van der Waals surface area contributed by atoms with Crippen molar-refractivity contribution < 1.29 is 23.4 Å². The van der Waals surface area contributed by atoms with Crippen LogP contribution in [0, 0.1) is 5.82 Å². The molecule has 0 atom stereocenters. The van der Waals surface area contributed by atoms with E-state index in [0.29, 0.717) is 42.2 Å². The Morgan fingerprint density at radius 1 is 1.19 bits per heavy atom. The quantitative estimate of drug-likeness (QED) is 0.422. The first kappa shape index (κ1) is 24.1. The van der Waals surface area contributed by atoms with Crippen molar-refractivity contribution in [1.29, 1.82) is 0 Å². The molecule has 0 aliphatic carbocycles. The number of halogens is 2. The fourth-order valence-corrected chi connectivity index (χ4v) is 4.34.